The number of fused-ring (bicyclic) bond motifs is 1. The van der Waals surface area contributed by atoms with Crippen LogP contribution in [0.2, 0.25) is 0 Å². The van der Waals surface area contributed by atoms with Crippen molar-refractivity contribution < 1.29 is 19.2 Å². The van der Waals surface area contributed by atoms with Crippen molar-refractivity contribution in [3.63, 3.8) is 0 Å². The zero-order valence-corrected chi connectivity index (χ0v) is 14.0. The fourth-order valence-electron chi connectivity index (χ4n) is 3.46. The van der Waals surface area contributed by atoms with E-state index in [1.165, 1.54) is 17.1 Å². The summed E-state index contributed by atoms with van der Waals surface area (Å²) in [4.78, 5) is 28.4. The van der Waals surface area contributed by atoms with Gasteiger partial charge in [-0.25, -0.2) is 0 Å². The number of benzene rings is 1. The van der Waals surface area contributed by atoms with Crippen molar-refractivity contribution in [1.29, 1.82) is 0 Å². The average molecular weight is 358 g/mol. The van der Waals surface area contributed by atoms with Crippen molar-refractivity contribution in [2.24, 2.45) is 0 Å². The second-order valence-corrected chi connectivity index (χ2v) is 6.31. The quantitative estimate of drug-likeness (QED) is 0.611. The third kappa shape index (κ3) is 3.07. The highest BCUT2D eigenvalue weighted by Crippen LogP contribution is 2.38. The number of aromatic nitrogens is 2. The van der Waals surface area contributed by atoms with Gasteiger partial charge in [0.2, 0.25) is 12.2 Å². The normalized spacial score (nSPS) is 18.8. The number of rotatable bonds is 4. The van der Waals surface area contributed by atoms with Crippen LogP contribution in [0.25, 0.3) is 0 Å². The highest BCUT2D eigenvalue weighted by atomic mass is 16.6. The lowest BCUT2D eigenvalue weighted by atomic mass is 10.0. The number of ether oxygens (including phenoxy) is 2. The van der Waals surface area contributed by atoms with E-state index < -0.39 is 4.92 Å². The third-order valence-corrected chi connectivity index (χ3v) is 4.65. The van der Waals surface area contributed by atoms with Crippen LogP contribution in [0.5, 0.6) is 11.5 Å². The van der Waals surface area contributed by atoms with Crippen LogP contribution in [-0.4, -0.2) is 45.0 Å². The van der Waals surface area contributed by atoms with Crippen LogP contribution in [0.15, 0.2) is 30.7 Å². The van der Waals surface area contributed by atoms with Crippen molar-refractivity contribution in [2.45, 2.75) is 25.4 Å². The van der Waals surface area contributed by atoms with E-state index in [4.69, 9.17) is 9.47 Å². The topological polar surface area (TPSA) is 99.7 Å². The largest absolute Gasteiger partial charge is 0.486 e. The zero-order chi connectivity index (χ0) is 18.1. The first-order chi connectivity index (χ1) is 12.6. The number of nitro groups is 1. The van der Waals surface area contributed by atoms with Gasteiger partial charge >= 0.3 is 5.82 Å². The first kappa shape index (κ1) is 16.4. The molecular formula is C17H18N4O5. The summed E-state index contributed by atoms with van der Waals surface area (Å²) in [5.41, 5.74) is 1.01. The van der Waals surface area contributed by atoms with Gasteiger partial charge in [-0.3, -0.25) is 4.79 Å². The van der Waals surface area contributed by atoms with Crippen molar-refractivity contribution >= 4 is 11.7 Å². The number of hydrogen-bond donors (Lipinski definition) is 0. The van der Waals surface area contributed by atoms with E-state index >= 15 is 0 Å². The molecule has 1 fully saturated rings. The molecule has 1 amide bonds. The summed E-state index contributed by atoms with van der Waals surface area (Å²) in [6, 6.07) is 5.75. The first-order valence-electron chi connectivity index (χ1n) is 8.47. The lowest BCUT2D eigenvalue weighted by molar-refractivity contribution is -0.389. The van der Waals surface area contributed by atoms with Gasteiger partial charge < -0.3 is 29.1 Å². The van der Waals surface area contributed by atoms with Gasteiger partial charge in [-0.05, 0) is 40.4 Å². The monoisotopic (exact) mass is 358 g/mol. The minimum absolute atomic E-state index is 0.0297. The molecule has 9 heteroatoms. The summed E-state index contributed by atoms with van der Waals surface area (Å²) in [6.07, 6.45) is 4.36. The Hall–Kier alpha value is -3.10. The van der Waals surface area contributed by atoms with Gasteiger partial charge in [-0.1, -0.05) is 6.07 Å². The fourth-order valence-corrected chi connectivity index (χ4v) is 3.46. The van der Waals surface area contributed by atoms with Crippen molar-refractivity contribution in [1.82, 2.24) is 14.5 Å². The molecule has 1 aromatic carbocycles. The second-order valence-electron chi connectivity index (χ2n) is 6.31. The number of nitrogens with zero attached hydrogens (tertiary/aromatic N) is 4. The molecule has 26 heavy (non-hydrogen) atoms. The van der Waals surface area contributed by atoms with Gasteiger partial charge in [0.05, 0.1) is 6.04 Å². The number of carbonyl (C=O) groups is 1. The lowest BCUT2D eigenvalue weighted by Gasteiger charge is -2.26. The van der Waals surface area contributed by atoms with E-state index in [9.17, 15) is 14.9 Å². The molecule has 0 N–H and O–H groups in total. The smallest absolute Gasteiger partial charge is 0.381 e. The van der Waals surface area contributed by atoms with Gasteiger partial charge in [-0.15, -0.1) is 0 Å². The molecule has 0 bridgehead atoms. The number of amides is 1. The molecule has 9 nitrogen and oxygen atoms in total. The third-order valence-electron chi connectivity index (χ3n) is 4.65. The Morgan fingerprint density at radius 2 is 2.12 bits per heavy atom. The predicted molar refractivity (Wildman–Crippen MR) is 90.0 cm³/mol. The number of hydrogen-bond acceptors (Lipinski definition) is 6. The minimum Gasteiger partial charge on any atom is -0.486 e. The van der Waals surface area contributed by atoms with Crippen molar-refractivity contribution in [2.75, 3.05) is 19.8 Å². The Balaban J connectivity index is 1.50. The van der Waals surface area contributed by atoms with Crippen LogP contribution >= 0.6 is 0 Å². The molecule has 1 saturated heterocycles. The van der Waals surface area contributed by atoms with Crippen LogP contribution in [0, 0.1) is 10.1 Å². The summed E-state index contributed by atoms with van der Waals surface area (Å²) < 4.78 is 12.6. The molecule has 2 aliphatic heterocycles. The molecule has 0 aliphatic carbocycles. The minimum atomic E-state index is -0.575. The molecule has 1 aromatic heterocycles. The van der Waals surface area contributed by atoms with Crippen molar-refractivity contribution in [3.8, 4) is 11.5 Å². The van der Waals surface area contributed by atoms with Crippen LogP contribution < -0.4 is 9.47 Å². The SMILES string of the molecule is O=C(Cn1cnc([N+](=O)[O-])c1)N1CCCC1c1ccc2c(c1)OCCO2. The Labute approximate surface area is 149 Å². The molecule has 1 unspecified atom stereocenters. The number of carbonyl (C=O) groups excluding carboxylic acids is 1. The number of likely N-dealkylation sites (tertiary alicyclic amines) is 1. The first-order valence-corrected chi connectivity index (χ1v) is 8.47. The molecular weight excluding hydrogens is 340 g/mol. The van der Waals surface area contributed by atoms with Gasteiger partial charge in [-0.2, -0.15) is 0 Å². The standard InChI is InChI=1S/C17H18N4O5/c22-17(10-19-9-16(18-11-19)21(23)24)20-5-1-2-13(20)12-3-4-14-15(8-12)26-7-6-25-14/h3-4,8-9,11,13H,1-2,5-7,10H2. The zero-order valence-electron chi connectivity index (χ0n) is 14.0. The van der Waals surface area contributed by atoms with Crippen LogP contribution in [0.3, 0.4) is 0 Å². The Bertz CT molecular complexity index is 849. The maximum atomic E-state index is 12.7. The Morgan fingerprint density at radius 3 is 2.88 bits per heavy atom. The molecule has 1 atom stereocenters. The Morgan fingerprint density at radius 1 is 1.31 bits per heavy atom. The molecule has 3 heterocycles. The molecule has 4 rings (SSSR count). The summed E-state index contributed by atoms with van der Waals surface area (Å²) in [7, 11) is 0. The van der Waals surface area contributed by atoms with E-state index in [0.29, 0.717) is 25.5 Å². The summed E-state index contributed by atoms with van der Waals surface area (Å²) in [5.74, 6) is 1.08. The number of imidazole rings is 1. The fraction of sp³-hybridized carbons (Fsp3) is 0.412. The van der Waals surface area contributed by atoms with Crippen molar-refractivity contribution in [3.05, 3.63) is 46.4 Å². The average Bonchev–Trinajstić information content (AvgIpc) is 3.30. The predicted octanol–water partition coefficient (Wildman–Crippen LogP) is 1.93. The van der Waals surface area contributed by atoms with Gasteiger partial charge in [0.25, 0.3) is 0 Å². The lowest BCUT2D eigenvalue weighted by Crippen LogP contribution is -2.33. The molecule has 2 aliphatic rings. The van der Waals surface area contributed by atoms with Gasteiger partial charge in [0.15, 0.2) is 11.5 Å². The van der Waals surface area contributed by atoms with Gasteiger partial charge in [0, 0.05) is 6.54 Å². The van der Waals surface area contributed by atoms with E-state index in [0.717, 1.165) is 24.2 Å². The molecule has 2 aromatic rings. The van der Waals surface area contributed by atoms with E-state index in [1.807, 2.05) is 23.1 Å². The molecule has 0 saturated carbocycles. The van der Waals surface area contributed by atoms with E-state index in [-0.39, 0.29) is 24.3 Å². The maximum absolute atomic E-state index is 12.7. The molecule has 136 valence electrons. The van der Waals surface area contributed by atoms with Gasteiger partial charge in [0.1, 0.15) is 26.0 Å². The molecule has 0 spiro atoms. The van der Waals surface area contributed by atoms with E-state index in [2.05, 4.69) is 4.98 Å². The maximum Gasteiger partial charge on any atom is 0.381 e. The summed E-state index contributed by atoms with van der Waals surface area (Å²) in [5, 5.41) is 10.7. The molecule has 0 radical (unpaired) electrons. The Kier molecular flexibility index (Phi) is 4.19. The second kappa shape index (κ2) is 6.66. The highest BCUT2D eigenvalue weighted by Gasteiger charge is 2.31. The van der Waals surface area contributed by atoms with Crippen LogP contribution in [-0.2, 0) is 11.3 Å². The van der Waals surface area contributed by atoms with E-state index in [1.54, 1.807) is 0 Å². The highest BCUT2D eigenvalue weighted by molar-refractivity contribution is 5.77. The van der Waals surface area contributed by atoms with Crippen LogP contribution in [0.1, 0.15) is 24.4 Å². The van der Waals surface area contributed by atoms with Crippen LogP contribution in [0.4, 0.5) is 5.82 Å². The summed E-state index contributed by atoms with van der Waals surface area (Å²) >= 11 is 0. The summed E-state index contributed by atoms with van der Waals surface area (Å²) in [6.45, 7) is 1.75.